The van der Waals surface area contributed by atoms with E-state index in [0.29, 0.717) is 43.6 Å². The van der Waals surface area contributed by atoms with Crippen LogP contribution in [-0.2, 0) is 11.2 Å². The van der Waals surface area contributed by atoms with Gasteiger partial charge >= 0.3 is 0 Å². The van der Waals surface area contributed by atoms with Crippen LogP contribution in [0.25, 0.3) is 0 Å². The fourth-order valence-corrected chi connectivity index (χ4v) is 3.46. The molecule has 0 saturated carbocycles. The molecular weight excluding hydrogens is 426 g/mol. The van der Waals surface area contributed by atoms with E-state index in [1.807, 2.05) is 4.90 Å². The largest absolute Gasteiger partial charge is 0.439 e. The number of benzene rings is 2. The molecule has 2 heterocycles. The Morgan fingerprint density at radius 1 is 1.00 bits per heavy atom. The predicted molar refractivity (Wildman–Crippen MR) is 112 cm³/mol. The summed E-state index contributed by atoms with van der Waals surface area (Å²) in [6.07, 6.45) is 1.63. The Bertz CT molecular complexity index is 1070. The smallest absolute Gasteiger partial charge is 0.227 e. The van der Waals surface area contributed by atoms with Crippen LogP contribution in [0.5, 0.6) is 11.6 Å². The number of piperazine rings is 1. The zero-order valence-corrected chi connectivity index (χ0v) is 17.2. The fraction of sp³-hybridized carbons (Fsp3) is 0.227. The highest BCUT2D eigenvalue weighted by Crippen LogP contribution is 2.26. The van der Waals surface area contributed by atoms with Crippen LogP contribution in [0.4, 0.5) is 14.6 Å². The summed E-state index contributed by atoms with van der Waals surface area (Å²) in [5, 5.41) is -0.0341. The van der Waals surface area contributed by atoms with Crippen LogP contribution >= 0.6 is 11.6 Å². The van der Waals surface area contributed by atoms with Crippen molar-refractivity contribution >= 4 is 23.3 Å². The average molecular weight is 445 g/mol. The van der Waals surface area contributed by atoms with Crippen LogP contribution in [-0.4, -0.2) is 47.0 Å². The van der Waals surface area contributed by atoms with E-state index < -0.39 is 5.82 Å². The van der Waals surface area contributed by atoms with Crippen LogP contribution in [0.3, 0.4) is 0 Å². The van der Waals surface area contributed by atoms with E-state index in [4.69, 9.17) is 16.3 Å². The molecule has 0 bridgehead atoms. The number of hydrogen-bond donors (Lipinski definition) is 0. The molecule has 1 aliphatic heterocycles. The molecule has 1 aromatic heterocycles. The quantitative estimate of drug-likeness (QED) is 0.593. The molecule has 1 saturated heterocycles. The first kappa shape index (κ1) is 21.0. The molecule has 0 spiro atoms. The van der Waals surface area contributed by atoms with Crippen molar-refractivity contribution in [2.45, 2.75) is 6.42 Å². The first-order valence-electron chi connectivity index (χ1n) is 9.70. The monoisotopic (exact) mass is 444 g/mol. The van der Waals surface area contributed by atoms with Gasteiger partial charge in [0.1, 0.15) is 29.5 Å². The second kappa shape index (κ2) is 9.26. The summed E-state index contributed by atoms with van der Waals surface area (Å²) in [4.78, 5) is 24.7. The molecule has 4 rings (SSSR count). The molecule has 6 nitrogen and oxygen atoms in total. The minimum Gasteiger partial charge on any atom is -0.439 e. The Morgan fingerprint density at radius 2 is 1.74 bits per heavy atom. The van der Waals surface area contributed by atoms with Crippen molar-refractivity contribution in [3.63, 3.8) is 0 Å². The van der Waals surface area contributed by atoms with Crippen molar-refractivity contribution in [1.29, 1.82) is 0 Å². The van der Waals surface area contributed by atoms with E-state index in [9.17, 15) is 13.6 Å². The van der Waals surface area contributed by atoms with E-state index in [0.717, 1.165) is 5.56 Å². The number of halogens is 3. The maximum absolute atomic E-state index is 13.3. The zero-order valence-electron chi connectivity index (χ0n) is 16.5. The number of anilines is 1. The minimum absolute atomic E-state index is 0.00570. The number of amides is 1. The molecule has 9 heteroatoms. The second-order valence-corrected chi connectivity index (χ2v) is 7.47. The van der Waals surface area contributed by atoms with Crippen molar-refractivity contribution in [1.82, 2.24) is 14.9 Å². The van der Waals surface area contributed by atoms with E-state index in [2.05, 4.69) is 9.97 Å². The summed E-state index contributed by atoms with van der Waals surface area (Å²) < 4.78 is 32.0. The van der Waals surface area contributed by atoms with Gasteiger partial charge in [-0.3, -0.25) is 4.79 Å². The highest BCUT2D eigenvalue weighted by Gasteiger charge is 2.22. The van der Waals surface area contributed by atoms with Gasteiger partial charge in [0.15, 0.2) is 0 Å². The molecule has 160 valence electrons. The molecule has 1 amide bonds. The zero-order chi connectivity index (χ0) is 21.8. The van der Waals surface area contributed by atoms with E-state index in [1.165, 1.54) is 36.7 Å². The molecule has 0 radical (unpaired) electrons. The molecule has 31 heavy (non-hydrogen) atoms. The Balaban J connectivity index is 1.35. The lowest BCUT2D eigenvalue weighted by atomic mass is 10.1. The number of carbonyl (C=O) groups excluding carboxylic acids is 1. The van der Waals surface area contributed by atoms with Crippen LogP contribution in [0, 0.1) is 11.6 Å². The van der Waals surface area contributed by atoms with E-state index in [-0.39, 0.29) is 23.2 Å². The summed E-state index contributed by atoms with van der Waals surface area (Å²) in [6, 6.07) is 11.7. The van der Waals surface area contributed by atoms with Crippen molar-refractivity contribution in [2.75, 3.05) is 31.1 Å². The number of carbonyl (C=O) groups is 1. The van der Waals surface area contributed by atoms with Gasteiger partial charge in [0.05, 0.1) is 11.4 Å². The molecule has 3 aromatic rings. The van der Waals surface area contributed by atoms with Gasteiger partial charge in [-0.05, 0) is 29.8 Å². The van der Waals surface area contributed by atoms with Crippen molar-refractivity contribution in [2.24, 2.45) is 0 Å². The summed E-state index contributed by atoms with van der Waals surface area (Å²) in [6.45, 7) is 2.31. The Labute approximate surface area is 183 Å². The third-order valence-electron chi connectivity index (χ3n) is 4.97. The van der Waals surface area contributed by atoms with Crippen molar-refractivity contribution < 1.29 is 18.3 Å². The second-order valence-electron chi connectivity index (χ2n) is 7.06. The van der Waals surface area contributed by atoms with Gasteiger partial charge in [-0.25, -0.2) is 18.7 Å². The lowest BCUT2D eigenvalue weighted by Crippen LogP contribution is -2.49. The molecule has 1 fully saturated rings. The van der Waals surface area contributed by atoms with Crippen molar-refractivity contribution in [3.8, 4) is 11.6 Å². The van der Waals surface area contributed by atoms with Gasteiger partial charge < -0.3 is 14.5 Å². The highest BCUT2D eigenvalue weighted by atomic mass is 35.5. The molecule has 0 aliphatic carbocycles. The lowest BCUT2D eigenvalue weighted by molar-refractivity contribution is -0.130. The maximum Gasteiger partial charge on any atom is 0.227 e. The Hall–Kier alpha value is -3.26. The number of ether oxygens (including phenoxy) is 1. The van der Waals surface area contributed by atoms with Gasteiger partial charge in [0.2, 0.25) is 11.8 Å². The first-order chi connectivity index (χ1) is 15.0. The first-order valence-corrected chi connectivity index (χ1v) is 10.1. The molecular formula is C22H19ClF2N4O2. The Kier molecular flexibility index (Phi) is 6.27. The Morgan fingerprint density at radius 3 is 2.45 bits per heavy atom. The average Bonchev–Trinajstić information content (AvgIpc) is 2.78. The summed E-state index contributed by atoms with van der Waals surface area (Å²) in [5.74, 6) is 0.509. The third kappa shape index (κ3) is 5.27. The van der Waals surface area contributed by atoms with Gasteiger partial charge in [-0.2, -0.15) is 0 Å². The van der Waals surface area contributed by atoms with Gasteiger partial charge in [-0.1, -0.05) is 23.7 Å². The fourth-order valence-electron chi connectivity index (χ4n) is 3.29. The van der Waals surface area contributed by atoms with Crippen LogP contribution < -0.4 is 9.64 Å². The summed E-state index contributed by atoms with van der Waals surface area (Å²) in [7, 11) is 0. The summed E-state index contributed by atoms with van der Waals surface area (Å²) >= 11 is 5.79. The van der Waals surface area contributed by atoms with Crippen LogP contribution in [0.15, 0.2) is 54.9 Å². The standard InChI is InChI=1S/C22H19ClF2N4O2/c23-18-12-17(5-6-19(18)25)31-21-13-20(26-14-27-21)28-7-9-29(10-8-28)22(30)11-15-1-3-16(24)4-2-15/h1-6,12-14H,7-11H2. The number of rotatable bonds is 5. The van der Waals surface area contributed by atoms with Crippen LogP contribution in [0.2, 0.25) is 5.02 Å². The van der Waals surface area contributed by atoms with E-state index >= 15 is 0 Å². The van der Waals surface area contributed by atoms with E-state index in [1.54, 1.807) is 23.1 Å². The van der Waals surface area contributed by atoms with Gasteiger partial charge in [-0.15, -0.1) is 0 Å². The molecule has 1 aliphatic rings. The lowest BCUT2D eigenvalue weighted by Gasteiger charge is -2.35. The topological polar surface area (TPSA) is 58.6 Å². The minimum atomic E-state index is -0.524. The number of aromatic nitrogens is 2. The molecule has 0 N–H and O–H groups in total. The number of hydrogen-bond acceptors (Lipinski definition) is 5. The SMILES string of the molecule is O=C(Cc1ccc(F)cc1)N1CCN(c2cc(Oc3ccc(F)c(Cl)c3)ncn2)CC1. The number of nitrogens with zero attached hydrogens (tertiary/aromatic N) is 4. The van der Waals surface area contributed by atoms with Crippen molar-refractivity contribution in [3.05, 3.63) is 77.1 Å². The predicted octanol–water partition coefficient (Wildman–Crippen LogP) is 4.09. The molecule has 0 atom stereocenters. The normalized spacial score (nSPS) is 13.9. The van der Waals surface area contributed by atoms with Gasteiger partial charge in [0, 0.05) is 38.3 Å². The molecule has 2 aromatic carbocycles. The maximum atomic E-state index is 13.3. The third-order valence-corrected chi connectivity index (χ3v) is 5.26. The summed E-state index contributed by atoms with van der Waals surface area (Å²) in [5.41, 5.74) is 0.785. The van der Waals surface area contributed by atoms with Gasteiger partial charge in [0.25, 0.3) is 0 Å². The molecule has 0 unspecified atom stereocenters. The highest BCUT2D eigenvalue weighted by molar-refractivity contribution is 6.30. The van der Waals surface area contributed by atoms with Crippen LogP contribution in [0.1, 0.15) is 5.56 Å².